The number of ether oxygens (including phenoxy) is 2. The first-order chi connectivity index (χ1) is 5.06. The van der Waals surface area contributed by atoms with Crippen LogP contribution in [0, 0.1) is 0 Å². The zero-order chi connectivity index (χ0) is 8.48. The third kappa shape index (κ3) is 2.15. The van der Waals surface area contributed by atoms with Gasteiger partial charge in [-0.1, -0.05) is 0 Å². The molecule has 0 bridgehead atoms. The third-order valence-electron chi connectivity index (χ3n) is 2.21. The molecular formula is C8H16O3. The second kappa shape index (κ2) is 3.09. The Kier molecular flexibility index (Phi) is 2.52. The van der Waals surface area contributed by atoms with Crippen LogP contribution in [-0.2, 0) is 9.47 Å². The number of methoxy groups -OCH3 is 1. The molecule has 1 heterocycles. The first-order valence-electron chi connectivity index (χ1n) is 3.94. The molecule has 1 fully saturated rings. The summed E-state index contributed by atoms with van der Waals surface area (Å²) in [5.74, 6) is 0. The maximum Gasteiger partial charge on any atom is 0.157 e. The van der Waals surface area contributed by atoms with Crippen molar-refractivity contribution in [1.29, 1.82) is 0 Å². The molecule has 1 rings (SSSR count). The second-order valence-corrected chi connectivity index (χ2v) is 3.46. The lowest BCUT2D eigenvalue weighted by atomic mass is 9.92. The molecule has 3 atom stereocenters. The van der Waals surface area contributed by atoms with Crippen molar-refractivity contribution in [2.45, 2.75) is 44.7 Å². The summed E-state index contributed by atoms with van der Waals surface area (Å²) in [4.78, 5) is 0. The third-order valence-corrected chi connectivity index (χ3v) is 2.21. The Bertz CT molecular complexity index is 125. The summed E-state index contributed by atoms with van der Waals surface area (Å²) >= 11 is 0. The topological polar surface area (TPSA) is 38.7 Å². The van der Waals surface area contributed by atoms with Crippen LogP contribution in [0.1, 0.15) is 26.7 Å². The molecular weight excluding hydrogens is 144 g/mol. The highest BCUT2D eigenvalue weighted by atomic mass is 16.6. The summed E-state index contributed by atoms with van der Waals surface area (Å²) in [6.07, 6.45) is 0.835. The normalized spacial score (nSPS) is 45.8. The Hall–Kier alpha value is -0.120. The maximum atomic E-state index is 9.24. The molecule has 1 aliphatic heterocycles. The molecule has 0 aromatic heterocycles. The van der Waals surface area contributed by atoms with E-state index in [4.69, 9.17) is 9.47 Å². The lowest BCUT2D eigenvalue weighted by molar-refractivity contribution is -0.215. The predicted octanol–water partition coefficient (Wildman–Crippen LogP) is 0.909. The van der Waals surface area contributed by atoms with Crippen molar-refractivity contribution < 1.29 is 14.6 Å². The fourth-order valence-electron chi connectivity index (χ4n) is 1.59. The van der Waals surface area contributed by atoms with Crippen molar-refractivity contribution in [3.05, 3.63) is 0 Å². The van der Waals surface area contributed by atoms with Gasteiger partial charge in [0, 0.05) is 20.0 Å². The van der Waals surface area contributed by atoms with Gasteiger partial charge in [0.15, 0.2) is 6.29 Å². The summed E-state index contributed by atoms with van der Waals surface area (Å²) in [6, 6.07) is 0. The molecule has 3 nitrogen and oxygen atoms in total. The largest absolute Gasteiger partial charge is 0.378 e. The molecule has 0 spiro atoms. The zero-order valence-electron chi connectivity index (χ0n) is 7.33. The van der Waals surface area contributed by atoms with Crippen molar-refractivity contribution in [3.63, 3.8) is 0 Å². The number of rotatable bonds is 1. The fraction of sp³-hybridized carbons (Fsp3) is 1.00. The molecule has 0 radical (unpaired) electrons. The van der Waals surface area contributed by atoms with Crippen LogP contribution in [0.4, 0.5) is 0 Å². The summed E-state index contributed by atoms with van der Waals surface area (Å²) in [6.45, 7) is 3.94. The van der Waals surface area contributed by atoms with Crippen molar-refractivity contribution >= 4 is 0 Å². The number of hydrogen-bond donors (Lipinski definition) is 1. The lowest BCUT2D eigenvalue weighted by Gasteiger charge is -2.38. The van der Waals surface area contributed by atoms with Gasteiger partial charge in [-0.2, -0.15) is 0 Å². The van der Waals surface area contributed by atoms with Gasteiger partial charge in [-0.15, -0.1) is 0 Å². The van der Waals surface area contributed by atoms with E-state index in [1.807, 2.05) is 13.8 Å². The molecule has 1 saturated heterocycles. The summed E-state index contributed by atoms with van der Waals surface area (Å²) in [5.41, 5.74) is -0.211. The summed E-state index contributed by atoms with van der Waals surface area (Å²) < 4.78 is 10.4. The van der Waals surface area contributed by atoms with Crippen LogP contribution in [0.25, 0.3) is 0 Å². The molecule has 1 N–H and O–H groups in total. The van der Waals surface area contributed by atoms with Gasteiger partial charge in [0.2, 0.25) is 0 Å². The van der Waals surface area contributed by atoms with Crippen LogP contribution < -0.4 is 0 Å². The van der Waals surface area contributed by atoms with Gasteiger partial charge < -0.3 is 14.6 Å². The van der Waals surface area contributed by atoms with Crippen LogP contribution in [-0.4, -0.2) is 30.2 Å². The van der Waals surface area contributed by atoms with Gasteiger partial charge in [-0.25, -0.2) is 0 Å². The lowest BCUT2D eigenvalue weighted by Crippen LogP contribution is -2.43. The first kappa shape index (κ1) is 8.97. The minimum atomic E-state index is -0.663. The smallest absolute Gasteiger partial charge is 0.157 e. The molecule has 0 amide bonds. The monoisotopic (exact) mass is 160 g/mol. The Morgan fingerprint density at radius 1 is 1.55 bits per heavy atom. The maximum absolute atomic E-state index is 9.24. The van der Waals surface area contributed by atoms with Crippen LogP contribution in [0.15, 0.2) is 0 Å². The van der Waals surface area contributed by atoms with Gasteiger partial charge >= 0.3 is 0 Å². The molecule has 0 saturated carbocycles. The molecule has 1 aliphatic rings. The SMILES string of the molecule is CO[C@@]1(C)CC(C)OC(O)C1. The Labute approximate surface area is 67.3 Å². The summed E-state index contributed by atoms with van der Waals surface area (Å²) in [5, 5.41) is 9.24. The van der Waals surface area contributed by atoms with Crippen LogP contribution in [0.3, 0.4) is 0 Å². The average molecular weight is 160 g/mol. The van der Waals surface area contributed by atoms with E-state index >= 15 is 0 Å². The second-order valence-electron chi connectivity index (χ2n) is 3.46. The molecule has 11 heavy (non-hydrogen) atoms. The zero-order valence-corrected chi connectivity index (χ0v) is 7.33. The van der Waals surface area contributed by atoms with E-state index in [0.717, 1.165) is 6.42 Å². The number of aliphatic hydroxyl groups is 1. The van der Waals surface area contributed by atoms with E-state index in [-0.39, 0.29) is 11.7 Å². The van der Waals surface area contributed by atoms with Gasteiger partial charge in [0.1, 0.15) is 0 Å². The molecule has 0 aromatic carbocycles. The molecule has 2 unspecified atom stereocenters. The van der Waals surface area contributed by atoms with E-state index in [1.54, 1.807) is 7.11 Å². The number of hydrogen-bond acceptors (Lipinski definition) is 3. The fourth-order valence-corrected chi connectivity index (χ4v) is 1.59. The van der Waals surface area contributed by atoms with Crippen molar-refractivity contribution in [1.82, 2.24) is 0 Å². The number of aliphatic hydroxyl groups excluding tert-OH is 1. The highest BCUT2D eigenvalue weighted by molar-refractivity contribution is 4.82. The van der Waals surface area contributed by atoms with Crippen LogP contribution >= 0.6 is 0 Å². The van der Waals surface area contributed by atoms with Gasteiger partial charge in [-0.05, 0) is 13.8 Å². The van der Waals surface area contributed by atoms with E-state index in [0.29, 0.717) is 6.42 Å². The van der Waals surface area contributed by atoms with Gasteiger partial charge in [0.25, 0.3) is 0 Å². The van der Waals surface area contributed by atoms with Crippen LogP contribution in [0.5, 0.6) is 0 Å². The Balaban J connectivity index is 2.55. The Morgan fingerprint density at radius 2 is 2.18 bits per heavy atom. The standard InChI is InChI=1S/C8H16O3/c1-6-4-8(2,10-3)5-7(9)11-6/h6-7,9H,4-5H2,1-3H3/t6?,7?,8-/m0/s1. The van der Waals surface area contributed by atoms with Crippen molar-refractivity contribution in [2.24, 2.45) is 0 Å². The highest BCUT2D eigenvalue weighted by Crippen LogP contribution is 2.29. The van der Waals surface area contributed by atoms with Crippen molar-refractivity contribution in [3.8, 4) is 0 Å². The van der Waals surface area contributed by atoms with E-state index in [1.165, 1.54) is 0 Å². The molecule has 3 heteroatoms. The van der Waals surface area contributed by atoms with E-state index < -0.39 is 6.29 Å². The average Bonchev–Trinajstić information content (AvgIpc) is 1.84. The quantitative estimate of drug-likeness (QED) is 0.619. The molecule has 0 aliphatic carbocycles. The van der Waals surface area contributed by atoms with Gasteiger partial charge in [0.05, 0.1) is 11.7 Å². The van der Waals surface area contributed by atoms with E-state index in [9.17, 15) is 5.11 Å². The van der Waals surface area contributed by atoms with Gasteiger partial charge in [-0.3, -0.25) is 0 Å². The minimum absolute atomic E-state index is 0.0868. The van der Waals surface area contributed by atoms with Crippen LogP contribution in [0.2, 0.25) is 0 Å². The van der Waals surface area contributed by atoms with E-state index in [2.05, 4.69) is 0 Å². The van der Waals surface area contributed by atoms with Crippen molar-refractivity contribution in [2.75, 3.05) is 7.11 Å². The Morgan fingerprint density at radius 3 is 2.64 bits per heavy atom. The summed E-state index contributed by atoms with van der Waals surface area (Å²) in [7, 11) is 1.67. The molecule has 0 aromatic rings. The first-order valence-corrected chi connectivity index (χ1v) is 3.94. The predicted molar refractivity (Wildman–Crippen MR) is 41.2 cm³/mol. The highest BCUT2D eigenvalue weighted by Gasteiger charge is 2.35. The minimum Gasteiger partial charge on any atom is -0.378 e. The molecule has 66 valence electrons.